The van der Waals surface area contributed by atoms with Crippen molar-refractivity contribution in [3.05, 3.63) is 6.20 Å². The molecule has 0 unspecified atom stereocenters. The number of cyclic esters (lactones) is 1. The van der Waals surface area contributed by atoms with Crippen molar-refractivity contribution in [2.75, 3.05) is 42.8 Å². The number of carbonyl (C=O) groups excluding carboxylic acids is 4. The molecular formula is C27H43N5O9Si. The summed E-state index contributed by atoms with van der Waals surface area (Å²) in [5.74, 6) is 0.117. The van der Waals surface area contributed by atoms with Crippen LogP contribution in [0, 0.1) is 0 Å². The van der Waals surface area contributed by atoms with Crippen molar-refractivity contribution < 1.29 is 42.9 Å². The quantitative estimate of drug-likeness (QED) is 0.223. The molecule has 4 amide bonds. The molecule has 0 saturated carbocycles. The number of anilines is 2. The second-order valence-corrected chi connectivity index (χ2v) is 19.0. The summed E-state index contributed by atoms with van der Waals surface area (Å²) in [4.78, 5) is 63.2. The fourth-order valence-electron chi connectivity index (χ4n) is 3.78. The lowest BCUT2D eigenvalue weighted by Gasteiger charge is -2.29. The zero-order valence-electron chi connectivity index (χ0n) is 26.0. The smallest absolute Gasteiger partial charge is 0.419 e. The minimum absolute atomic E-state index is 0.0178. The summed E-state index contributed by atoms with van der Waals surface area (Å²) < 4.78 is 27.5. The van der Waals surface area contributed by atoms with Crippen LogP contribution in [-0.4, -0.2) is 97.5 Å². The normalized spacial score (nSPS) is 17.4. The van der Waals surface area contributed by atoms with Gasteiger partial charge in [-0.2, -0.15) is 0 Å². The Balaban J connectivity index is 1.70. The average Bonchev–Trinajstić information content (AvgIpc) is 3.20. The summed E-state index contributed by atoms with van der Waals surface area (Å²) in [5, 5.41) is 0. The van der Waals surface area contributed by atoms with Gasteiger partial charge in [0.15, 0.2) is 12.4 Å². The van der Waals surface area contributed by atoms with Crippen LogP contribution in [0.2, 0.25) is 25.7 Å². The van der Waals surface area contributed by atoms with Crippen LogP contribution < -0.4 is 14.5 Å². The molecule has 0 aliphatic carbocycles. The first-order valence-electron chi connectivity index (χ1n) is 13.9. The number of aromatic nitrogens is 2. The SMILES string of the molecule is CC(C)(C)OC(=O)N(CC[C@H]1CN(c2cnc3c(n2)N(COCC[Si](C)(C)C)C(=O)CO3)C(=O)O1)C(=O)OC(C)(C)C. The van der Waals surface area contributed by atoms with Crippen molar-refractivity contribution in [1.29, 1.82) is 0 Å². The van der Waals surface area contributed by atoms with Crippen molar-refractivity contribution in [3.8, 4) is 5.88 Å². The molecule has 1 atom stereocenters. The molecule has 234 valence electrons. The Bertz CT molecular complexity index is 1150. The van der Waals surface area contributed by atoms with Gasteiger partial charge in [0.1, 0.15) is 24.0 Å². The monoisotopic (exact) mass is 609 g/mol. The van der Waals surface area contributed by atoms with Crippen LogP contribution in [0.25, 0.3) is 0 Å². The third kappa shape index (κ3) is 9.54. The van der Waals surface area contributed by atoms with Gasteiger partial charge < -0.3 is 23.7 Å². The Morgan fingerprint density at radius 2 is 1.69 bits per heavy atom. The lowest BCUT2D eigenvalue weighted by Crippen LogP contribution is -2.44. The first-order valence-corrected chi connectivity index (χ1v) is 17.6. The second kappa shape index (κ2) is 12.8. The van der Waals surface area contributed by atoms with Gasteiger partial charge in [0.05, 0.1) is 12.7 Å². The van der Waals surface area contributed by atoms with Crippen LogP contribution in [0.1, 0.15) is 48.0 Å². The van der Waals surface area contributed by atoms with Crippen molar-refractivity contribution in [2.45, 2.75) is 91.0 Å². The van der Waals surface area contributed by atoms with Crippen LogP contribution in [-0.2, 0) is 23.7 Å². The van der Waals surface area contributed by atoms with Crippen molar-refractivity contribution in [2.24, 2.45) is 0 Å². The standard InChI is InChI=1S/C27H43N5O9Si/c1-26(2,3)40-24(35)30(25(36)41-27(4,5)6)11-10-18-15-31(23(34)39-18)19-14-28-22-21(29-19)32(20(33)16-38-22)17-37-12-13-42(7,8)9/h14,18H,10-13,15-17H2,1-9H3/t18-/m0/s1. The molecule has 1 saturated heterocycles. The van der Waals surface area contributed by atoms with E-state index in [2.05, 4.69) is 29.6 Å². The third-order valence-corrected chi connectivity index (χ3v) is 7.57. The fourth-order valence-corrected chi connectivity index (χ4v) is 4.54. The summed E-state index contributed by atoms with van der Waals surface area (Å²) in [6, 6.07) is 0.935. The average molecular weight is 610 g/mol. The van der Waals surface area contributed by atoms with Gasteiger partial charge in [-0.15, -0.1) is 0 Å². The third-order valence-electron chi connectivity index (χ3n) is 5.87. The lowest BCUT2D eigenvalue weighted by atomic mass is 10.2. The van der Waals surface area contributed by atoms with Gasteiger partial charge >= 0.3 is 18.3 Å². The van der Waals surface area contributed by atoms with E-state index in [-0.39, 0.29) is 56.3 Å². The van der Waals surface area contributed by atoms with E-state index in [0.29, 0.717) is 6.61 Å². The summed E-state index contributed by atoms with van der Waals surface area (Å²) in [7, 11) is -1.32. The Kier molecular flexibility index (Phi) is 10.1. The lowest BCUT2D eigenvalue weighted by molar-refractivity contribution is -0.122. The summed E-state index contributed by atoms with van der Waals surface area (Å²) in [5.41, 5.74) is -1.67. The Morgan fingerprint density at radius 1 is 1.07 bits per heavy atom. The molecule has 0 aromatic carbocycles. The minimum atomic E-state index is -1.32. The highest BCUT2D eigenvalue weighted by Gasteiger charge is 2.38. The summed E-state index contributed by atoms with van der Waals surface area (Å²) in [6.07, 6.45) is -1.61. The highest BCUT2D eigenvalue weighted by molar-refractivity contribution is 6.76. The molecular weight excluding hydrogens is 566 g/mol. The van der Waals surface area contributed by atoms with Gasteiger partial charge in [-0.05, 0) is 47.6 Å². The number of rotatable bonds is 9. The molecule has 3 heterocycles. The zero-order chi connectivity index (χ0) is 31.5. The van der Waals surface area contributed by atoms with Gasteiger partial charge in [-0.25, -0.2) is 29.3 Å². The van der Waals surface area contributed by atoms with Crippen LogP contribution >= 0.6 is 0 Å². The highest BCUT2D eigenvalue weighted by atomic mass is 28.3. The maximum Gasteiger partial charge on any atom is 0.419 e. The van der Waals surface area contributed by atoms with E-state index < -0.39 is 43.7 Å². The van der Waals surface area contributed by atoms with E-state index in [1.165, 1.54) is 16.0 Å². The predicted molar refractivity (Wildman–Crippen MR) is 155 cm³/mol. The predicted octanol–water partition coefficient (Wildman–Crippen LogP) is 4.40. The van der Waals surface area contributed by atoms with Crippen molar-refractivity contribution >= 4 is 43.9 Å². The molecule has 2 aliphatic heterocycles. The number of amides is 4. The molecule has 0 radical (unpaired) electrons. The van der Waals surface area contributed by atoms with E-state index in [0.717, 1.165) is 10.9 Å². The fraction of sp³-hybridized carbons (Fsp3) is 0.704. The number of carbonyl (C=O) groups is 4. The number of hydrogen-bond donors (Lipinski definition) is 0. The van der Waals surface area contributed by atoms with E-state index in [1.807, 2.05) is 0 Å². The van der Waals surface area contributed by atoms with Crippen LogP contribution in [0.15, 0.2) is 6.20 Å². The second-order valence-electron chi connectivity index (χ2n) is 13.3. The van der Waals surface area contributed by atoms with Gasteiger partial charge in [0, 0.05) is 27.6 Å². The molecule has 3 rings (SSSR count). The first-order chi connectivity index (χ1) is 19.3. The largest absolute Gasteiger partial charge is 0.465 e. The van der Waals surface area contributed by atoms with Crippen molar-refractivity contribution in [3.63, 3.8) is 0 Å². The molecule has 0 N–H and O–H groups in total. The number of ether oxygens (including phenoxy) is 5. The number of fused-ring (bicyclic) bond motifs is 1. The number of imide groups is 1. The maximum atomic E-state index is 12.8. The molecule has 0 bridgehead atoms. The molecule has 42 heavy (non-hydrogen) atoms. The van der Waals surface area contributed by atoms with Crippen LogP contribution in [0.3, 0.4) is 0 Å². The number of hydrogen-bond acceptors (Lipinski definition) is 11. The zero-order valence-corrected chi connectivity index (χ0v) is 27.0. The van der Waals surface area contributed by atoms with Gasteiger partial charge in [0.25, 0.3) is 11.8 Å². The molecule has 0 spiro atoms. The molecule has 14 nitrogen and oxygen atoms in total. The highest BCUT2D eigenvalue weighted by Crippen LogP contribution is 2.31. The van der Waals surface area contributed by atoms with Crippen LogP contribution in [0.4, 0.5) is 26.0 Å². The Labute approximate surface area is 247 Å². The van der Waals surface area contributed by atoms with E-state index in [9.17, 15) is 19.2 Å². The first kappa shape index (κ1) is 33.0. The maximum absolute atomic E-state index is 12.8. The summed E-state index contributed by atoms with van der Waals surface area (Å²) >= 11 is 0. The number of nitrogens with zero attached hydrogens (tertiary/aromatic N) is 5. The minimum Gasteiger partial charge on any atom is -0.465 e. The van der Waals surface area contributed by atoms with Crippen LogP contribution in [0.5, 0.6) is 5.88 Å². The van der Waals surface area contributed by atoms with Gasteiger partial charge in [-0.1, -0.05) is 19.6 Å². The Morgan fingerprint density at radius 3 is 2.26 bits per heavy atom. The Hall–Kier alpha value is -3.46. The van der Waals surface area contributed by atoms with Gasteiger partial charge in [-0.3, -0.25) is 14.6 Å². The molecule has 15 heteroatoms. The van der Waals surface area contributed by atoms with Gasteiger partial charge in [0.2, 0.25) is 5.82 Å². The van der Waals surface area contributed by atoms with Crippen molar-refractivity contribution in [1.82, 2.24) is 14.9 Å². The summed E-state index contributed by atoms with van der Waals surface area (Å²) in [6.45, 7) is 17.1. The van der Waals surface area contributed by atoms with E-state index in [4.69, 9.17) is 23.7 Å². The molecule has 2 aliphatic rings. The topological polar surface area (TPSA) is 150 Å². The molecule has 1 fully saturated rings. The van der Waals surface area contributed by atoms with E-state index >= 15 is 0 Å². The van der Waals surface area contributed by atoms with E-state index in [1.54, 1.807) is 41.5 Å². The molecule has 1 aromatic heterocycles. The molecule has 1 aromatic rings.